The van der Waals surface area contributed by atoms with Crippen molar-refractivity contribution in [3.05, 3.63) is 84.9 Å². The van der Waals surface area contributed by atoms with E-state index in [1.54, 1.807) is 6.07 Å². The molecule has 0 bridgehead atoms. The van der Waals surface area contributed by atoms with Gasteiger partial charge in [-0.3, -0.25) is 0 Å². The van der Waals surface area contributed by atoms with E-state index in [0.29, 0.717) is 5.30 Å². The number of benzene rings is 3. The molecule has 0 aliphatic heterocycles. The van der Waals surface area contributed by atoms with Crippen LogP contribution in [0, 0.1) is 0 Å². The number of hydrogen-bond acceptors (Lipinski definition) is 3. The molecule has 0 spiro atoms. The molecule has 26 heavy (non-hydrogen) atoms. The zero-order valence-electron chi connectivity index (χ0n) is 14.3. The molecule has 4 N–H and O–H groups in total. The van der Waals surface area contributed by atoms with Gasteiger partial charge in [-0.05, 0) is 28.6 Å². The van der Waals surface area contributed by atoms with E-state index in [0.717, 1.165) is 0 Å². The van der Waals surface area contributed by atoms with Gasteiger partial charge in [0, 0.05) is 0 Å². The van der Waals surface area contributed by atoms with E-state index in [1.165, 1.54) is 29.3 Å². The van der Waals surface area contributed by atoms with Crippen LogP contribution >= 0.6 is 9.24 Å². The van der Waals surface area contributed by atoms with Crippen molar-refractivity contribution >= 4 is 24.7 Å². The predicted octanol–water partition coefficient (Wildman–Crippen LogP) is -1.20. The molecule has 0 amide bonds. The molecule has 0 aliphatic carbocycles. The van der Waals surface area contributed by atoms with Gasteiger partial charge >= 0.3 is 29.6 Å². The molecule has 8 heteroatoms. The summed E-state index contributed by atoms with van der Waals surface area (Å²) in [6.45, 7) is 0. The van der Waals surface area contributed by atoms with Crippen LogP contribution in [0.2, 0.25) is 0 Å². The third-order valence-electron chi connectivity index (χ3n) is 3.03. The smallest absolute Gasteiger partial charge is 0.744 e. The molecule has 3 aromatic carbocycles. The molecule has 134 valence electrons. The molecule has 0 aliphatic rings. The van der Waals surface area contributed by atoms with Crippen LogP contribution in [0.1, 0.15) is 0 Å². The Morgan fingerprint density at radius 3 is 1.42 bits per heavy atom. The summed E-state index contributed by atoms with van der Waals surface area (Å²) in [7, 11) is -1.97. The largest absolute Gasteiger partial charge is 1.00 e. The second-order valence-corrected chi connectivity index (χ2v) is 6.80. The summed E-state index contributed by atoms with van der Waals surface area (Å²) < 4.78 is 31.3. The molecule has 0 saturated carbocycles. The van der Waals surface area contributed by atoms with E-state index < -0.39 is 10.1 Å². The summed E-state index contributed by atoms with van der Waals surface area (Å²) in [6, 6.07) is 26.6. The number of hydrogen-bond donors (Lipinski definition) is 0. The van der Waals surface area contributed by atoms with Crippen LogP contribution in [0.5, 0.6) is 0 Å². The van der Waals surface area contributed by atoms with Gasteiger partial charge in [-0.1, -0.05) is 72.8 Å². The van der Waals surface area contributed by atoms with Crippen molar-refractivity contribution in [3.8, 4) is 11.1 Å². The molecule has 5 nitrogen and oxygen atoms in total. The van der Waals surface area contributed by atoms with Crippen LogP contribution in [0.4, 0.5) is 0 Å². The topological polar surface area (TPSA) is 120 Å². The summed E-state index contributed by atoms with van der Waals surface area (Å²) in [5.41, 5.74) is 2.55. The SMILES string of the molecule is O.O.O=S(=O)([O-])c1cccc(P)c1.[Na+].c1ccc(-c2ccccc2)cc1. The zero-order valence-corrected chi connectivity index (χ0v) is 18.3. The molecule has 0 heterocycles. The fourth-order valence-corrected chi connectivity index (χ4v) is 2.87. The first-order valence-electron chi connectivity index (χ1n) is 6.89. The Balaban J connectivity index is 0. The van der Waals surface area contributed by atoms with Gasteiger partial charge in [0.15, 0.2) is 0 Å². The van der Waals surface area contributed by atoms with Crippen molar-refractivity contribution in [3.63, 3.8) is 0 Å². The van der Waals surface area contributed by atoms with Crippen molar-refractivity contribution in [2.45, 2.75) is 4.90 Å². The van der Waals surface area contributed by atoms with Crippen LogP contribution in [0.3, 0.4) is 0 Å². The Labute approximate surface area is 178 Å². The van der Waals surface area contributed by atoms with Gasteiger partial charge in [0.1, 0.15) is 10.1 Å². The normalized spacial score (nSPS) is 9.31. The zero-order chi connectivity index (χ0) is 16.7. The summed E-state index contributed by atoms with van der Waals surface area (Å²) in [5.74, 6) is 0. The standard InChI is InChI=1S/C12H10.C6H7O3PS.Na.2H2O/c1-3-7-11(8-4-1)12-9-5-2-6-10-12;7-11(8,9)6-3-1-2-5(10)4-6;;;/h1-10H;1-4H,10H2,(H,7,8,9);;2*1H2/q;;+1;;/p-1. The average Bonchev–Trinajstić information content (AvgIpc) is 2.56. The van der Waals surface area contributed by atoms with Gasteiger partial charge in [0.25, 0.3) is 0 Å². The Morgan fingerprint density at radius 2 is 1.12 bits per heavy atom. The molecule has 0 aromatic heterocycles. The maximum atomic E-state index is 10.4. The minimum absolute atomic E-state index is 0. The van der Waals surface area contributed by atoms with Gasteiger partial charge in [-0.2, -0.15) is 0 Å². The molecule has 1 atom stereocenters. The molecule has 3 rings (SSSR count). The maximum Gasteiger partial charge on any atom is 1.00 e. The third kappa shape index (κ3) is 9.03. The van der Waals surface area contributed by atoms with E-state index in [9.17, 15) is 13.0 Å². The van der Waals surface area contributed by atoms with E-state index in [2.05, 4.69) is 57.8 Å². The molecule has 0 radical (unpaired) electrons. The van der Waals surface area contributed by atoms with Gasteiger partial charge in [-0.25, -0.2) is 8.42 Å². The van der Waals surface area contributed by atoms with Crippen LogP contribution in [-0.2, 0) is 10.1 Å². The second kappa shape index (κ2) is 13.1. The first-order chi connectivity index (χ1) is 11.0. The summed E-state index contributed by atoms with van der Waals surface area (Å²) in [5, 5.41) is 0.682. The maximum absolute atomic E-state index is 10.4. The molecule has 0 fully saturated rings. The Morgan fingerprint density at radius 1 is 0.692 bits per heavy atom. The monoisotopic (exact) mass is 402 g/mol. The molecule has 0 saturated heterocycles. The molecule has 3 aromatic rings. The predicted molar refractivity (Wildman–Crippen MR) is 103 cm³/mol. The second-order valence-electron chi connectivity index (χ2n) is 4.76. The van der Waals surface area contributed by atoms with Crippen molar-refractivity contribution < 1.29 is 53.5 Å². The molecular formula is C18H20NaO5PS. The van der Waals surface area contributed by atoms with Crippen molar-refractivity contribution in [1.82, 2.24) is 0 Å². The molecular weight excluding hydrogens is 382 g/mol. The molecule has 1 unspecified atom stereocenters. The Hall–Kier alpha value is -1.08. The quantitative estimate of drug-likeness (QED) is 0.304. The summed E-state index contributed by atoms with van der Waals surface area (Å²) in [6.07, 6.45) is 0. The van der Waals surface area contributed by atoms with Gasteiger partial charge < -0.3 is 15.5 Å². The van der Waals surface area contributed by atoms with E-state index in [-0.39, 0.29) is 45.4 Å². The van der Waals surface area contributed by atoms with Crippen LogP contribution < -0.4 is 34.9 Å². The average molecular weight is 402 g/mol. The van der Waals surface area contributed by atoms with Crippen LogP contribution in [0.25, 0.3) is 11.1 Å². The van der Waals surface area contributed by atoms with Crippen LogP contribution in [-0.4, -0.2) is 23.9 Å². The van der Waals surface area contributed by atoms with E-state index in [1.807, 2.05) is 12.1 Å². The summed E-state index contributed by atoms with van der Waals surface area (Å²) in [4.78, 5) is -0.190. The van der Waals surface area contributed by atoms with E-state index in [4.69, 9.17) is 0 Å². The van der Waals surface area contributed by atoms with Gasteiger partial charge in [0.2, 0.25) is 0 Å². The van der Waals surface area contributed by atoms with Crippen LogP contribution in [0.15, 0.2) is 89.8 Å². The Kier molecular flexibility index (Phi) is 13.7. The fraction of sp³-hybridized carbons (Fsp3) is 0. The van der Waals surface area contributed by atoms with Crippen molar-refractivity contribution in [2.75, 3.05) is 0 Å². The van der Waals surface area contributed by atoms with Crippen molar-refractivity contribution in [1.29, 1.82) is 0 Å². The Bertz CT molecular complexity index is 822. The third-order valence-corrected chi connectivity index (χ3v) is 4.22. The first kappa shape index (κ1) is 27.1. The minimum Gasteiger partial charge on any atom is -0.744 e. The van der Waals surface area contributed by atoms with E-state index >= 15 is 0 Å². The summed E-state index contributed by atoms with van der Waals surface area (Å²) >= 11 is 0. The first-order valence-corrected chi connectivity index (χ1v) is 8.87. The van der Waals surface area contributed by atoms with Crippen molar-refractivity contribution in [2.24, 2.45) is 0 Å². The minimum atomic E-state index is -4.29. The number of rotatable bonds is 2. The van der Waals surface area contributed by atoms with Gasteiger partial charge in [-0.15, -0.1) is 9.24 Å². The fourth-order valence-electron chi connectivity index (χ4n) is 1.93. The van der Waals surface area contributed by atoms with Gasteiger partial charge in [0.05, 0.1) is 4.90 Å².